The second-order valence-electron chi connectivity index (χ2n) is 7.19. The number of pyridine rings is 1. The van der Waals surface area contributed by atoms with Crippen LogP contribution in [0.2, 0.25) is 5.02 Å². The van der Waals surface area contributed by atoms with Gasteiger partial charge in [0.2, 0.25) is 5.78 Å². The monoisotopic (exact) mass is 471 g/mol. The maximum atomic E-state index is 13.6. The van der Waals surface area contributed by atoms with Gasteiger partial charge in [-0.3, -0.25) is 4.79 Å². The highest BCUT2D eigenvalue weighted by atomic mass is 35.5. The molecule has 0 unspecified atom stereocenters. The number of esters is 1. The van der Waals surface area contributed by atoms with Crippen LogP contribution < -0.4 is 0 Å². The number of alkyl halides is 3. The Hall–Kier alpha value is -3.58. The van der Waals surface area contributed by atoms with E-state index < -0.39 is 29.1 Å². The average molecular weight is 472 g/mol. The summed E-state index contributed by atoms with van der Waals surface area (Å²) >= 11 is 6.05. The Labute approximate surface area is 192 Å². The molecule has 0 N–H and O–H groups in total. The van der Waals surface area contributed by atoms with Crippen molar-refractivity contribution < 1.29 is 27.5 Å². The molecule has 0 amide bonds. The van der Waals surface area contributed by atoms with Crippen molar-refractivity contribution in [2.75, 3.05) is 6.61 Å². The molecule has 2 aromatic heterocycles. The number of carbonyl (C=O) groups is 2. The summed E-state index contributed by atoms with van der Waals surface area (Å²) in [4.78, 5) is 25.3. The summed E-state index contributed by atoms with van der Waals surface area (Å²) in [6.07, 6.45) is -3.14. The smallest absolute Gasteiger partial charge is 0.417 e. The molecule has 4 aromatic rings. The van der Waals surface area contributed by atoms with Crippen LogP contribution >= 0.6 is 11.6 Å². The van der Waals surface area contributed by atoms with E-state index in [0.29, 0.717) is 22.2 Å². The van der Waals surface area contributed by atoms with Gasteiger partial charge in [0.05, 0.1) is 39.5 Å². The second kappa shape index (κ2) is 8.75. The highest BCUT2D eigenvalue weighted by Crippen LogP contribution is 2.37. The molecule has 0 saturated carbocycles. The van der Waals surface area contributed by atoms with Crippen LogP contribution in [0.15, 0.2) is 72.9 Å². The Kier molecular flexibility index (Phi) is 5.99. The van der Waals surface area contributed by atoms with Crippen molar-refractivity contribution in [1.29, 1.82) is 0 Å². The highest BCUT2D eigenvalue weighted by molar-refractivity contribution is 6.35. The number of benzene rings is 2. The minimum atomic E-state index is -4.74. The van der Waals surface area contributed by atoms with E-state index in [1.807, 2.05) is 0 Å². The van der Waals surface area contributed by atoms with E-state index >= 15 is 0 Å². The summed E-state index contributed by atoms with van der Waals surface area (Å²) in [6.45, 7) is 1.96. The summed E-state index contributed by atoms with van der Waals surface area (Å²) in [5.74, 6) is -1.30. The third-order valence-electron chi connectivity index (χ3n) is 5.16. The molecule has 0 saturated heterocycles. The zero-order valence-corrected chi connectivity index (χ0v) is 18.1. The Bertz CT molecular complexity index is 1360. The van der Waals surface area contributed by atoms with Crippen LogP contribution in [0, 0.1) is 0 Å². The van der Waals surface area contributed by atoms with Crippen LogP contribution in [0.5, 0.6) is 0 Å². The van der Waals surface area contributed by atoms with Crippen molar-refractivity contribution in [3.05, 3.63) is 100 Å². The third-order valence-corrected chi connectivity index (χ3v) is 5.48. The zero-order chi connectivity index (χ0) is 23.8. The summed E-state index contributed by atoms with van der Waals surface area (Å²) in [5, 5.41) is -0.277. The first-order valence-electron chi connectivity index (χ1n) is 10.0. The molecule has 33 heavy (non-hydrogen) atoms. The summed E-state index contributed by atoms with van der Waals surface area (Å²) in [6, 6.07) is 16.6. The molecular formula is C25H17ClF3NO3. The van der Waals surface area contributed by atoms with E-state index in [4.69, 9.17) is 16.3 Å². The second-order valence-corrected chi connectivity index (χ2v) is 7.59. The van der Waals surface area contributed by atoms with Gasteiger partial charge in [0.25, 0.3) is 0 Å². The first kappa shape index (κ1) is 22.6. The maximum Gasteiger partial charge on any atom is 0.417 e. The Morgan fingerprint density at radius 3 is 2.39 bits per heavy atom. The molecular weight excluding hydrogens is 455 g/mol. The fourth-order valence-corrected chi connectivity index (χ4v) is 3.94. The molecule has 0 aliphatic rings. The molecule has 168 valence electrons. The lowest BCUT2D eigenvalue weighted by Gasteiger charge is -2.13. The number of carbonyl (C=O) groups excluding carboxylic acids is 2. The SMILES string of the molecule is CCOC(=O)c1ccc(-c2cc(C(=O)c3c(Cl)cccc3C(F)(F)F)n3ccccc23)cc1. The van der Waals surface area contributed by atoms with Crippen molar-refractivity contribution in [2.45, 2.75) is 13.1 Å². The first-order valence-corrected chi connectivity index (χ1v) is 10.4. The van der Waals surface area contributed by atoms with E-state index in [2.05, 4.69) is 0 Å². The molecule has 0 aliphatic heterocycles. The lowest BCUT2D eigenvalue weighted by atomic mass is 10.00. The minimum absolute atomic E-state index is 0.0358. The Morgan fingerprint density at radius 2 is 1.73 bits per heavy atom. The molecule has 8 heteroatoms. The van der Waals surface area contributed by atoms with Gasteiger partial charge in [0.15, 0.2) is 0 Å². The van der Waals surface area contributed by atoms with E-state index in [1.165, 1.54) is 16.5 Å². The summed E-state index contributed by atoms with van der Waals surface area (Å²) in [5.41, 5.74) is 0.631. The lowest BCUT2D eigenvalue weighted by molar-refractivity contribution is -0.137. The number of aromatic nitrogens is 1. The maximum absolute atomic E-state index is 13.6. The van der Waals surface area contributed by atoms with Gasteiger partial charge in [-0.1, -0.05) is 35.9 Å². The van der Waals surface area contributed by atoms with Crippen molar-refractivity contribution in [3.8, 4) is 11.1 Å². The van der Waals surface area contributed by atoms with Crippen LogP contribution in [0.1, 0.15) is 38.9 Å². The normalized spacial score (nSPS) is 11.5. The fourth-order valence-electron chi connectivity index (χ4n) is 3.68. The van der Waals surface area contributed by atoms with Crippen LogP contribution in [-0.2, 0) is 10.9 Å². The number of rotatable bonds is 5. The number of hydrogen-bond donors (Lipinski definition) is 0. The van der Waals surface area contributed by atoms with Crippen molar-refractivity contribution in [2.24, 2.45) is 0 Å². The lowest BCUT2D eigenvalue weighted by Crippen LogP contribution is -2.15. The number of hydrogen-bond acceptors (Lipinski definition) is 3. The minimum Gasteiger partial charge on any atom is -0.462 e. The molecule has 0 bridgehead atoms. The van der Waals surface area contributed by atoms with E-state index in [-0.39, 0.29) is 17.3 Å². The fraction of sp³-hybridized carbons (Fsp3) is 0.120. The van der Waals surface area contributed by atoms with Crippen LogP contribution in [0.3, 0.4) is 0 Å². The van der Waals surface area contributed by atoms with Crippen molar-refractivity contribution in [1.82, 2.24) is 4.40 Å². The zero-order valence-electron chi connectivity index (χ0n) is 17.3. The molecule has 2 heterocycles. The predicted molar refractivity (Wildman–Crippen MR) is 119 cm³/mol. The Balaban J connectivity index is 1.85. The van der Waals surface area contributed by atoms with Gasteiger partial charge < -0.3 is 9.14 Å². The number of nitrogens with zero attached hydrogens (tertiary/aromatic N) is 1. The molecule has 4 nitrogen and oxygen atoms in total. The molecule has 0 atom stereocenters. The van der Waals surface area contributed by atoms with Crippen molar-refractivity contribution >= 4 is 28.9 Å². The average Bonchev–Trinajstić information content (AvgIpc) is 3.18. The molecule has 0 aliphatic carbocycles. The third kappa shape index (κ3) is 4.24. The molecule has 0 radical (unpaired) electrons. The van der Waals surface area contributed by atoms with Gasteiger partial charge >= 0.3 is 12.1 Å². The van der Waals surface area contributed by atoms with E-state index in [9.17, 15) is 22.8 Å². The molecule has 0 fully saturated rings. The quantitative estimate of drug-likeness (QED) is 0.241. The van der Waals surface area contributed by atoms with Gasteiger partial charge in [-0.25, -0.2) is 4.79 Å². The van der Waals surface area contributed by atoms with Gasteiger partial charge in [0, 0.05) is 11.8 Å². The highest BCUT2D eigenvalue weighted by Gasteiger charge is 2.37. The standard InChI is InChI=1S/C25H17ClF3NO3/c1-2-33-24(32)16-11-9-15(10-12-16)17-14-21(30-13-4-3-8-20(17)30)23(31)22-18(25(27,28)29)6-5-7-19(22)26/h3-14H,2H2,1H3. The van der Waals surface area contributed by atoms with Gasteiger partial charge in [-0.2, -0.15) is 13.2 Å². The van der Waals surface area contributed by atoms with E-state index in [0.717, 1.165) is 12.1 Å². The number of halogens is 4. The summed E-state index contributed by atoms with van der Waals surface area (Å²) in [7, 11) is 0. The molecule has 0 spiro atoms. The number of ketones is 1. The van der Waals surface area contributed by atoms with Crippen LogP contribution in [0.25, 0.3) is 16.6 Å². The summed E-state index contributed by atoms with van der Waals surface area (Å²) < 4.78 is 47.3. The van der Waals surface area contributed by atoms with Crippen LogP contribution in [-0.4, -0.2) is 22.8 Å². The van der Waals surface area contributed by atoms with Gasteiger partial charge in [0.1, 0.15) is 0 Å². The number of fused-ring (bicyclic) bond motifs is 1. The van der Waals surface area contributed by atoms with Gasteiger partial charge in [-0.15, -0.1) is 0 Å². The van der Waals surface area contributed by atoms with Crippen LogP contribution in [0.4, 0.5) is 13.2 Å². The number of ether oxygens (including phenoxy) is 1. The first-order chi connectivity index (χ1) is 15.7. The van der Waals surface area contributed by atoms with Gasteiger partial charge in [-0.05, 0) is 55.0 Å². The van der Waals surface area contributed by atoms with Crippen molar-refractivity contribution in [3.63, 3.8) is 0 Å². The molecule has 2 aromatic carbocycles. The van der Waals surface area contributed by atoms with E-state index in [1.54, 1.807) is 55.6 Å². The topological polar surface area (TPSA) is 47.8 Å². The predicted octanol–water partition coefficient (Wildman–Crippen LogP) is 6.69. The molecule has 4 rings (SSSR count). The largest absolute Gasteiger partial charge is 0.462 e. The Morgan fingerprint density at radius 1 is 1.00 bits per heavy atom.